The minimum atomic E-state index is -0.182. The average molecular weight is 399 g/mol. The zero-order chi connectivity index (χ0) is 20.3. The highest BCUT2D eigenvalue weighted by atomic mass is 35.5. The summed E-state index contributed by atoms with van der Waals surface area (Å²) in [5, 5.41) is 6.34. The van der Waals surface area contributed by atoms with Gasteiger partial charge in [-0.05, 0) is 37.1 Å². The fourth-order valence-corrected chi connectivity index (χ4v) is 3.23. The fourth-order valence-electron chi connectivity index (χ4n) is 2.99. The third-order valence-electron chi connectivity index (χ3n) is 4.42. The van der Waals surface area contributed by atoms with E-state index in [1.807, 2.05) is 61.0 Å². The molecule has 1 aromatic carbocycles. The van der Waals surface area contributed by atoms with E-state index in [9.17, 15) is 4.79 Å². The summed E-state index contributed by atoms with van der Waals surface area (Å²) in [5.41, 5.74) is 4.69. The second kappa shape index (κ2) is 8.35. The van der Waals surface area contributed by atoms with E-state index >= 15 is 0 Å². The van der Waals surface area contributed by atoms with E-state index in [0.717, 1.165) is 28.9 Å². The molecule has 0 saturated carbocycles. The van der Waals surface area contributed by atoms with Crippen LogP contribution in [0.5, 0.6) is 5.75 Å². The van der Waals surface area contributed by atoms with Crippen LogP contribution in [0.4, 0.5) is 5.69 Å². The zero-order valence-electron chi connectivity index (χ0n) is 16.3. The number of fused-ring (bicyclic) bond motifs is 1. The number of nitrogens with zero attached hydrogens (tertiary/aromatic N) is 2. The summed E-state index contributed by atoms with van der Waals surface area (Å²) in [6.07, 6.45) is 6.42. The number of imidazole rings is 1. The van der Waals surface area contributed by atoms with Gasteiger partial charge in [-0.3, -0.25) is 4.79 Å². The van der Waals surface area contributed by atoms with Crippen molar-refractivity contribution in [1.82, 2.24) is 14.7 Å². The number of benzene rings is 1. The van der Waals surface area contributed by atoms with Crippen molar-refractivity contribution in [3.63, 3.8) is 0 Å². The Kier molecular flexibility index (Phi) is 5.90. The van der Waals surface area contributed by atoms with Gasteiger partial charge < -0.3 is 19.8 Å². The van der Waals surface area contributed by atoms with Crippen molar-refractivity contribution in [2.24, 2.45) is 0 Å². The molecule has 7 heteroatoms. The number of anilines is 1. The Bertz CT molecular complexity index is 1060. The molecule has 3 aromatic rings. The van der Waals surface area contributed by atoms with Crippen molar-refractivity contribution in [3.05, 3.63) is 59.0 Å². The highest BCUT2D eigenvalue weighted by Gasteiger charge is 2.13. The maximum absolute atomic E-state index is 12.3. The largest absolute Gasteiger partial charge is 0.495 e. The fraction of sp³-hybridized carbons (Fsp3) is 0.238. The second-order valence-corrected chi connectivity index (χ2v) is 6.75. The van der Waals surface area contributed by atoms with Gasteiger partial charge in [-0.1, -0.05) is 24.6 Å². The first-order valence-corrected chi connectivity index (χ1v) is 9.37. The van der Waals surface area contributed by atoms with E-state index in [1.165, 1.54) is 0 Å². The first kappa shape index (κ1) is 19.8. The highest BCUT2D eigenvalue weighted by Crippen LogP contribution is 2.33. The van der Waals surface area contributed by atoms with Crippen LogP contribution < -0.4 is 15.4 Å². The number of halogens is 1. The lowest BCUT2D eigenvalue weighted by Crippen LogP contribution is -2.23. The molecule has 0 atom stereocenters. The summed E-state index contributed by atoms with van der Waals surface area (Å²) >= 11 is 6.28. The molecule has 0 radical (unpaired) electrons. The number of allylic oxidation sites excluding steroid dienone is 1. The van der Waals surface area contributed by atoms with Gasteiger partial charge in [-0.15, -0.1) is 0 Å². The van der Waals surface area contributed by atoms with E-state index < -0.39 is 0 Å². The summed E-state index contributed by atoms with van der Waals surface area (Å²) in [7, 11) is 3.32. The lowest BCUT2D eigenvalue weighted by molar-refractivity contribution is -0.113. The van der Waals surface area contributed by atoms with Gasteiger partial charge in [0.25, 0.3) is 5.91 Å². The van der Waals surface area contributed by atoms with Gasteiger partial charge in [0.2, 0.25) is 0 Å². The summed E-state index contributed by atoms with van der Waals surface area (Å²) in [6.45, 7) is 3.97. The molecule has 0 aliphatic heterocycles. The van der Waals surface area contributed by atoms with Crippen LogP contribution in [-0.4, -0.2) is 29.4 Å². The monoisotopic (exact) mass is 398 g/mol. The summed E-state index contributed by atoms with van der Waals surface area (Å²) in [6, 6.07) is 7.42. The number of rotatable bonds is 6. The Balaban J connectivity index is 1.93. The molecule has 0 unspecified atom stereocenters. The first-order valence-electron chi connectivity index (χ1n) is 8.99. The molecule has 0 spiro atoms. The number of pyridine rings is 1. The second-order valence-electron chi connectivity index (χ2n) is 6.34. The normalized spacial score (nSPS) is 11.5. The number of carbonyl (C=O) groups is 1. The van der Waals surface area contributed by atoms with Crippen LogP contribution in [0.1, 0.15) is 18.9 Å². The van der Waals surface area contributed by atoms with Gasteiger partial charge in [-0.2, -0.15) is 0 Å². The van der Waals surface area contributed by atoms with Crippen molar-refractivity contribution < 1.29 is 9.53 Å². The number of amides is 1. The van der Waals surface area contributed by atoms with Crippen LogP contribution in [0.25, 0.3) is 16.9 Å². The lowest BCUT2D eigenvalue weighted by atomic mass is 10.1. The van der Waals surface area contributed by atoms with Crippen LogP contribution in [0.2, 0.25) is 5.02 Å². The van der Waals surface area contributed by atoms with Gasteiger partial charge >= 0.3 is 0 Å². The third kappa shape index (κ3) is 3.97. The number of aromatic nitrogens is 2. The van der Waals surface area contributed by atoms with Crippen molar-refractivity contribution in [2.75, 3.05) is 19.5 Å². The third-order valence-corrected chi connectivity index (χ3v) is 4.71. The lowest BCUT2D eigenvalue weighted by Gasteiger charge is -2.08. The number of methoxy groups -OCH3 is 1. The molecule has 6 nitrogen and oxygen atoms in total. The molecular formula is C21H23ClN4O2. The SMILES string of the molecule is CC/C=C(\NC)C(=O)Nc1ccn2cc(-c3cc(Cl)c(OC)cc3C)nc2c1. The Hall–Kier alpha value is -2.99. The van der Waals surface area contributed by atoms with Gasteiger partial charge in [0.05, 0.1) is 23.5 Å². The molecule has 0 saturated heterocycles. The van der Waals surface area contributed by atoms with Crippen LogP contribution in [0.3, 0.4) is 0 Å². The molecule has 0 aliphatic carbocycles. The predicted molar refractivity (Wildman–Crippen MR) is 113 cm³/mol. The van der Waals surface area contributed by atoms with Gasteiger partial charge in [-0.25, -0.2) is 4.98 Å². The van der Waals surface area contributed by atoms with Crippen molar-refractivity contribution >= 4 is 28.8 Å². The molecular weight excluding hydrogens is 376 g/mol. The molecule has 2 N–H and O–H groups in total. The van der Waals surface area contributed by atoms with Gasteiger partial charge in [0.15, 0.2) is 0 Å². The molecule has 0 fully saturated rings. The number of hydrogen-bond acceptors (Lipinski definition) is 4. The number of likely N-dealkylation sites (N-methyl/N-ethyl adjacent to an activating group) is 1. The van der Waals surface area contributed by atoms with Crippen LogP contribution in [0.15, 0.2) is 48.4 Å². The Labute approximate surface area is 169 Å². The van der Waals surface area contributed by atoms with Gasteiger partial charge in [0.1, 0.15) is 11.4 Å². The predicted octanol–water partition coefficient (Wildman–Crippen LogP) is 4.42. The molecule has 0 bridgehead atoms. The standard InChI is InChI=1S/C21H23ClN4O2/c1-5-6-17(23-3)21(27)24-14-7-8-26-12-18(25-20(26)10-14)15-11-16(22)19(28-4)9-13(15)2/h6-12,23H,5H2,1-4H3,(H,24,27)/b17-6-. The number of nitrogens with one attached hydrogen (secondary N) is 2. The Morgan fingerprint density at radius 2 is 2.14 bits per heavy atom. The van der Waals surface area contributed by atoms with Crippen molar-refractivity contribution in [1.29, 1.82) is 0 Å². The topological polar surface area (TPSA) is 67.7 Å². The first-order chi connectivity index (χ1) is 13.5. The minimum Gasteiger partial charge on any atom is -0.495 e. The van der Waals surface area contributed by atoms with Crippen LogP contribution in [0, 0.1) is 6.92 Å². The van der Waals surface area contributed by atoms with E-state index in [-0.39, 0.29) is 5.91 Å². The number of aryl methyl sites for hydroxylation is 1. The maximum atomic E-state index is 12.3. The molecule has 28 heavy (non-hydrogen) atoms. The highest BCUT2D eigenvalue weighted by molar-refractivity contribution is 6.32. The minimum absolute atomic E-state index is 0.182. The van der Waals surface area contributed by atoms with Crippen molar-refractivity contribution in [2.45, 2.75) is 20.3 Å². The maximum Gasteiger partial charge on any atom is 0.271 e. The van der Waals surface area contributed by atoms with Crippen LogP contribution in [-0.2, 0) is 4.79 Å². The number of hydrogen-bond donors (Lipinski definition) is 2. The summed E-state index contributed by atoms with van der Waals surface area (Å²) in [4.78, 5) is 17.0. The number of carbonyl (C=O) groups excluding carboxylic acids is 1. The average Bonchev–Trinajstić information content (AvgIpc) is 3.10. The molecule has 1 amide bonds. The molecule has 0 aliphatic rings. The zero-order valence-corrected chi connectivity index (χ0v) is 17.1. The van der Waals surface area contributed by atoms with E-state index in [4.69, 9.17) is 21.3 Å². The molecule has 3 rings (SSSR count). The number of ether oxygens (including phenoxy) is 1. The summed E-state index contributed by atoms with van der Waals surface area (Å²) < 4.78 is 7.17. The smallest absolute Gasteiger partial charge is 0.271 e. The van der Waals surface area contributed by atoms with E-state index in [2.05, 4.69) is 10.6 Å². The Morgan fingerprint density at radius 1 is 1.36 bits per heavy atom. The summed E-state index contributed by atoms with van der Waals surface area (Å²) in [5.74, 6) is 0.454. The molecule has 2 heterocycles. The quantitative estimate of drug-likeness (QED) is 0.603. The van der Waals surface area contributed by atoms with E-state index in [1.54, 1.807) is 14.2 Å². The molecule has 2 aromatic heterocycles. The Morgan fingerprint density at radius 3 is 2.82 bits per heavy atom. The van der Waals surface area contributed by atoms with Gasteiger partial charge in [0, 0.05) is 36.8 Å². The van der Waals surface area contributed by atoms with Crippen molar-refractivity contribution in [3.8, 4) is 17.0 Å². The van der Waals surface area contributed by atoms with E-state index in [0.29, 0.717) is 22.2 Å². The van der Waals surface area contributed by atoms with Crippen LogP contribution >= 0.6 is 11.6 Å². The molecule has 146 valence electrons.